The quantitative estimate of drug-likeness (QED) is 0.651. The SMILES string of the molecule is CNc1cc(C(=O)NC(C)C(C)(C)C)c([N+](=O)[O-])cn1. The molecule has 0 aliphatic heterocycles. The smallest absolute Gasteiger partial charge is 0.300 e. The summed E-state index contributed by atoms with van der Waals surface area (Å²) in [6.45, 7) is 7.82. The van der Waals surface area contributed by atoms with Gasteiger partial charge >= 0.3 is 0 Å². The van der Waals surface area contributed by atoms with E-state index in [4.69, 9.17) is 0 Å². The Balaban J connectivity index is 3.10. The number of anilines is 1. The molecule has 2 N–H and O–H groups in total. The molecule has 1 unspecified atom stereocenters. The molecule has 0 aromatic carbocycles. The van der Waals surface area contributed by atoms with Crippen LogP contribution < -0.4 is 10.6 Å². The van der Waals surface area contributed by atoms with Gasteiger partial charge in [0.25, 0.3) is 11.6 Å². The van der Waals surface area contributed by atoms with Gasteiger partial charge in [0.2, 0.25) is 0 Å². The molecule has 110 valence electrons. The van der Waals surface area contributed by atoms with Crippen molar-refractivity contribution in [2.45, 2.75) is 33.7 Å². The lowest BCUT2D eigenvalue weighted by molar-refractivity contribution is -0.385. The number of hydrogen-bond donors (Lipinski definition) is 2. The number of rotatable bonds is 4. The minimum atomic E-state index is -0.608. The Hall–Kier alpha value is -2.18. The van der Waals surface area contributed by atoms with Crippen LogP contribution in [0.1, 0.15) is 38.1 Å². The monoisotopic (exact) mass is 280 g/mol. The fourth-order valence-corrected chi connectivity index (χ4v) is 1.40. The highest BCUT2D eigenvalue weighted by Crippen LogP contribution is 2.22. The van der Waals surface area contributed by atoms with E-state index in [0.29, 0.717) is 5.82 Å². The van der Waals surface area contributed by atoms with Crippen LogP contribution in [0.5, 0.6) is 0 Å². The van der Waals surface area contributed by atoms with Crippen LogP contribution in [0.15, 0.2) is 12.3 Å². The fourth-order valence-electron chi connectivity index (χ4n) is 1.40. The summed E-state index contributed by atoms with van der Waals surface area (Å²) < 4.78 is 0. The van der Waals surface area contributed by atoms with E-state index in [1.807, 2.05) is 27.7 Å². The largest absolute Gasteiger partial charge is 0.373 e. The van der Waals surface area contributed by atoms with Gasteiger partial charge < -0.3 is 10.6 Å². The van der Waals surface area contributed by atoms with Crippen molar-refractivity contribution >= 4 is 17.4 Å². The number of hydrogen-bond acceptors (Lipinski definition) is 5. The number of aromatic nitrogens is 1. The third-order valence-corrected chi connectivity index (χ3v) is 3.23. The van der Waals surface area contributed by atoms with Crippen LogP contribution in [0.2, 0.25) is 0 Å². The maximum atomic E-state index is 12.2. The lowest BCUT2D eigenvalue weighted by Gasteiger charge is -2.28. The normalized spacial score (nSPS) is 12.7. The third-order valence-electron chi connectivity index (χ3n) is 3.23. The molecule has 7 heteroatoms. The van der Waals surface area contributed by atoms with E-state index >= 15 is 0 Å². The highest BCUT2D eigenvalue weighted by atomic mass is 16.6. The number of nitrogens with zero attached hydrogens (tertiary/aromatic N) is 2. The zero-order chi connectivity index (χ0) is 15.5. The first kappa shape index (κ1) is 15.9. The maximum Gasteiger partial charge on any atom is 0.300 e. The van der Waals surface area contributed by atoms with Gasteiger partial charge in [0.05, 0.1) is 4.92 Å². The van der Waals surface area contributed by atoms with Crippen LogP contribution in [0.3, 0.4) is 0 Å². The van der Waals surface area contributed by atoms with Gasteiger partial charge in [-0.15, -0.1) is 0 Å². The summed E-state index contributed by atoms with van der Waals surface area (Å²) >= 11 is 0. The molecule has 1 aromatic heterocycles. The second-order valence-corrected chi connectivity index (χ2v) is 5.65. The maximum absolute atomic E-state index is 12.2. The number of pyridine rings is 1. The first-order chi connectivity index (χ1) is 9.16. The minimum absolute atomic E-state index is 0.00505. The summed E-state index contributed by atoms with van der Waals surface area (Å²) in [5.41, 5.74) is -0.434. The molecule has 0 fully saturated rings. The van der Waals surface area contributed by atoms with Crippen LogP contribution in [0.4, 0.5) is 11.5 Å². The summed E-state index contributed by atoms with van der Waals surface area (Å²) in [4.78, 5) is 26.4. The summed E-state index contributed by atoms with van der Waals surface area (Å²) in [7, 11) is 1.63. The molecule has 1 heterocycles. The molecular formula is C13H20N4O3. The fraction of sp³-hybridized carbons (Fsp3) is 0.538. The first-order valence-electron chi connectivity index (χ1n) is 6.30. The number of amides is 1. The average molecular weight is 280 g/mol. The zero-order valence-corrected chi connectivity index (χ0v) is 12.4. The summed E-state index contributed by atoms with van der Waals surface area (Å²) in [5.74, 6) is -0.0674. The molecule has 0 spiro atoms. The van der Waals surface area contributed by atoms with Crippen LogP contribution in [0.25, 0.3) is 0 Å². The Morgan fingerprint density at radius 1 is 1.45 bits per heavy atom. The predicted molar refractivity (Wildman–Crippen MR) is 76.8 cm³/mol. The third kappa shape index (κ3) is 3.66. The summed E-state index contributed by atoms with van der Waals surface area (Å²) in [6.07, 6.45) is 1.09. The van der Waals surface area contributed by atoms with Gasteiger partial charge in [-0.2, -0.15) is 0 Å². The van der Waals surface area contributed by atoms with Gasteiger partial charge in [0.1, 0.15) is 17.6 Å². The number of carbonyl (C=O) groups is 1. The molecule has 1 atom stereocenters. The molecule has 7 nitrogen and oxygen atoms in total. The second kappa shape index (κ2) is 5.85. The Labute approximate surface area is 117 Å². The van der Waals surface area contributed by atoms with E-state index in [1.165, 1.54) is 6.07 Å². The summed E-state index contributed by atoms with van der Waals surface area (Å²) in [5, 5.41) is 16.5. The van der Waals surface area contributed by atoms with Crippen LogP contribution in [-0.2, 0) is 0 Å². The lowest BCUT2D eigenvalue weighted by Crippen LogP contribution is -2.41. The van der Waals surface area contributed by atoms with Crippen molar-refractivity contribution in [3.05, 3.63) is 27.9 Å². The Bertz CT molecular complexity index is 523. The average Bonchev–Trinajstić information content (AvgIpc) is 2.36. The zero-order valence-electron chi connectivity index (χ0n) is 12.4. The minimum Gasteiger partial charge on any atom is -0.373 e. The van der Waals surface area contributed by atoms with Gasteiger partial charge in [-0.3, -0.25) is 14.9 Å². The topological polar surface area (TPSA) is 97.2 Å². The van der Waals surface area contributed by atoms with E-state index in [0.717, 1.165) is 6.20 Å². The van der Waals surface area contributed by atoms with E-state index in [1.54, 1.807) is 7.05 Å². The molecule has 0 saturated heterocycles. The molecule has 20 heavy (non-hydrogen) atoms. The standard InChI is InChI=1S/C13H20N4O3/c1-8(13(2,3)4)16-12(18)9-6-11(14-5)15-7-10(9)17(19)20/h6-8H,1-5H3,(H,14,15)(H,16,18). The molecule has 0 saturated carbocycles. The first-order valence-corrected chi connectivity index (χ1v) is 6.30. The predicted octanol–water partition coefficient (Wildman–Crippen LogP) is 2.20. The molecular weight excluding hydrogens is 260 g/mol. The number of carbonyl (C=O) groups excluding carboxylic acids is 1. The highest BCUT2D eigenvalue weighted by molar-refractivity contribution is 5.98. The molecule has 0 aliphatic carbocycles. The Morgan fingerprint density at radius 3 is 2.50 bits per heavy atom. The van der Waals surface area contributed by atoms with E-state index < -0.39 is 10.8 Å². The molecule has 1 amide bonds. The molecule has 0 aliphatic rings. The van der Waals surface area contributed by atoms with Crippen molar-refractivity contribution in [3.63, 3.8) is 0 Å². The Morgan fingerprint density at radius 2 is 2.05 bits per heavy atom. The lowest BCUT2D eigenvalue weighted by atomic mass is 9.88. The van der Waals surface area contributed by atoms with Gasteiger partial charge in [-0.1, -0.05) is 20.8 Å². The second-order valence-electron chi connectivity index (χ2n) is 5.65. The number of nitro groups is 1. The van der Waals surface area contributed by atoms with E-state index in [2.05, 4.69) is 15.6 Å². The Kier molecular flexibility index (Phi) is 4.65. The molecule has 0 bridgehead atoms. The number of nitrogens with one attached hydrogen (secondary N) is 2. The highest BCUT2D eigenvalue weighted by Gasteiger charge is 2.26. The van der Waals surface area contributed by atoms with Crippen molar-refractivity contribution in [1.29, 1.82) is 0 Å². The van der Waals surface area contributed by atoms with Crippen LogP contribution >= 0.6 is 0 Å². The molecule has 1 rings (SSSR count). The van der Waals surface area contributed by atoms with Gasteiger partial charge in [-0.25, -0.2) is 4.98 Å². The van der Waals surface area contributed by atoms with Crippen molar-refractivity contribution in [2.24, 2.45) is 5.41 Å². The van der Waals surface area contributed by atoms with Crippen molar-refractivity contribution < 1.29 is 9.72 Å². The van der Waals surface area contributed by atoms with Crippen LogP contribution in [0, 0.1) is 15.5 Å². The summed E-state index contributed by atoms with van der Waals surface area (Å²) in [6, 6.07) is 1.25. The van der Waals surface area contributed by atoms with Gasteiger partial charge in [0.15, 0.2) is 0 Å². The van der Waals surface area contributed by atoms with Gasteiger partial charge in [0, 0.05) is 19.2 Å². The van der Waals surface area contributed by atoms with Crippen molar-refractivity contribution in [2.75, 3.05) is 12.4 Å². The van der Waals surface area contributed by atoms with Crippen molar-refractivity contribution in [3.8, 4) is 0 Å². The molecule has 1 aromatic rings. The van der Waals surface area contributed by atoms with E-state index in [9.17, 15) is 14.9 Å². The van der Waals surface area contributed by atoms with Gasteiger partial charge in [-0.05, 0) is 12.3 Å². The molecule has 0 radical (unpaired) electrons. The van der Waals surface area contributed by atoms with Crippen LogP contribution in [-0.4, -0.2) is 28.9 Å². The van der Waals surface area contributed by atoms with E-state index in [-0.39, 0.29) is 22.7 Å². The van der Waals surface area contributed by atoms with Crippen molar-refractivity contribution in [1.82, 2.24) is 10.3 Å².